The summed E-state index contributed by atoms with van der Waals surface area (Å²) in [6, 6.07) is 4.72. The van der Waals surface area contributed by atoms with E-state index >= 15 is 0 Å². The molecule has 1 saturated heterocycles. The number of nitrogens with zero attached hydrogens (tertiary/aromatic N) is 1. The van der Waals surface area contributed by atoms with Gasteiger partial charge in [0.25, 0.3) is 0 Å². The first-order valence-corrected chi connectivity index (χ1v) is 8.24. The van der Waals surface area contributed by atoms with Crippen LogP contribution in [0.3, 0.4) is 0 Å². The van der Waals surface area contributed by atoms with Gasteiger partial charge in [-0.2, -0.15) is 0 Å². The van der Waals surface area contributed by atoms with E-state index in [2.05, 4.69) is 15.5 Å². The van der Waals surface area contributed by atoms with Crippen LogP contribution >= 0.6 is 0 Å². The number of carbonyl (C=O) groups excluding carboxylic acids is 2. The Balaban J connectivity index is 1.50. The minimum absolute atomic E-state index is 0.0302. The maximum atomic E-state index is 12.5. The van der Waals surface area contributed by atoms with E-state index in [4.69, 9.17) is 9.47 Å². The molecule has 1 fully saturated rings. The van der Waals surface area contributed by atoms with Gasteiger partial charge in [0.2, 0.25) is 12.7 Å². The minimum atomic E-state index is -0.426. The van der Waals surface area contributed by atoms with Crippen molar-refractivity contribution in [2.24, 2.45) is 0 Å². The number of ether oxygens (including phenoxy) is 2. The van der Waals surface area contributed by atoms with Crippen LogP contribution in [0, 0.1) is 0 Å². The lowest BCUT2D eigenvalue weighted by atomic mass is 10.0. The number of ketones is 1. The van der Waals surface area contributed by atoms with Gasteiger partial charge in [-0.25, -0.2) is 0 Å². The number of fused-ring (bicyclic) bond motifs is 1. The van der Waals surface area contributed by atoms with Gasteiger partial charge < -0.3 is 14.8 Å². The zero-order valence-corrected chi connectivity index (χ0v) is 14.0. The van der Waals surface area contributed by atoms with Gasteiger partial charge in [-0.15, -0.1) is 0 Å². The quantitative estimate of drug-likeness (QED) is 0.566. The van der Waals surface area contributed by atoms with Crippen LogP contribution in [-0.2, 0) is 4.79 Å². The fraction of sp³-hybridized carbons (Fsp3) is 0.529. The second kappa shape index (κ2) is 7.19. The number of likely N-dealkylation sites (tertiary alicyclic amines) is 1. The second-order valence-electron chi connectivity index (χ2n) is 6.24. The molecule has 2 heterocycles. The first kappa shape index (κ1) is 16.7. The zero-order chi connectivity index (χ0) is 17.1. The van der Waals surface area contributed by atoms with Crippen LogP contribution in [0.15, 0.2) is 18.2 Å². The Morgan fingerprint density at radius 3 is 2.67 bits per heavy atom. The highest BCUT2D eigenvalue weighted by atomic mass is 16.7. The summed E-state index contributed by atoms with van der Waals surface area (Å²) in [4.78, 5) is 26.5. The summed E-state index contributed by atoms with van der Waals surface area (Å²) in [7, 11) is 0. The fourth-order valence-corrected chi connectivity index (χ4v) is 2.82. The minimum Gasteiger partial charge on any atom is -0.454 e. The number of hydrogen-bond acceptors (Lipinski definition) is 6. The SMILES string of the molecule is CC(NC(=O)CN1CCC1)NC(C)C(=O)c1ccc2c(c1)OCO2. The first-order valence-electron chi connectivity index (χ1n) is 8.24. The Bertz CT molecular complexity index is 630. The highest BCUT2D eigenvalue weighted by molar-refractivity contribution is 6.00. The monoisotopic (exact) mass is 333 g/mol. The first-order chi connectivity index (χ1) is 11.5. The van der Waals surface area contributed by atoms with E-state index in [1.54, 1.807) is 25.1 Å². The number of Topliss-reactive ketones (excluding diaryl/α,β-unsaturated/α-hetero) is 1. The van der Waals surface area contributed by atoms with Crippen molar-refractivity contribution in [3.8, 4) is 11.5 Å². The van der Waals surface area contributed by atoms with Crippen molar-refractivity contribution in [3.63, 3.8) is 0 Å². The summed E-state index contributed by atoms with van der Waals surface area (Å²) < 4.78 is 10.5. The molecule has 1 aromatic carbocycles. The molecule has 0 aliphatic carbocycles. The summed E-state index contributed by atoms with van der Waals surface area (Å²) >= 11 is 0. The Morgan fingerprint density at radius 1 is 1.21 bits per heavy atom. The normalized spacial score (nSPS) is 18.6. The average Bonchev–Trinajstić information content (AvgIpc) is 2.97. The number of nitrogens with one attached hydrogen (secondary N) is 2. The predicted octanol–water partition coefficient (Wildman–Crippen LogP) is 0.744. The molecular weight excluding hydrogens is 310 g/mol. The van der Waals surface area contributed by atoms with Crippen molar-refractivity contribution < 1.29 is 19.1 Å². The Hall–Kier alpha value is -2.12. The number of hydrogen-bond donors (Lipinski definition) is 2. The predicted molar refractivity (Wildman–Crippen MR) is 88.2 cm³/mol. The van der Waals surface area contributed by atoms with E-state index in [0.717, 1.165) is 19.5 Å². The Kier molecular flexibility index (Phi) is 5.01. The summed E-state index contributed by atoms with van der Waals surface area (Å²) in [6.45, 7) is 6.17. The van der Waals surface area contributed by atoms with Crippen LogP contribution in [-0.4, -0.2) is 55.2 Å². The van der Waals surface area contributed by atoms with Gasteiger partial charge in [0.15, 0.2) is 17.3 Å². The smallest absolute Gasteiger partial charge is 0.235 e. The molecule has 2 N–H and O–H groups in total. The largest absolute Gasteiger partial charge is 0.454 e. The summed E-state index contributed by atoms with van der Waals surface area (Å²) in [5, 5.41) is 5.98. The van der Waals surface area contributed by atoms with Crippen LogP contribution in [0.1, 0.15) is 30.6 Å². The van der Waals surface area contributed by atoms with Crippen molar-refractivity contribution in [2.75, 3.05) is 26.4 Å². The molecule has 7 nitrogen and oxygen atoms in total. The lowest BCUT2D eigenvalue weighted by Crippen LogP contribution is -2.52. The lowest BCUT2D eigenvalue weighted by molar-refractivity contribution is -0.123. The molecule has 0 spiro atoms. The number of benzene rings is 1. The Labute approximate surface area is 141 Å². The molecular formula is C17H23N3O4. The maximum Gasteiger partial charge on any atom is 0.235 e. The van der Waals surface area contributed by atoms with Gasteiger partial charge in [0.1, 0.15) is 0 Å². The molecule has 2 atom stereocenters. The van der Waals surface area contributed by atoms with Gasteiger partial charge in [-0.05, 0) is 51.6 Å². The number of amides is 1. The molecule has 1 amide bonds. The molecule has 1 aromatic rings. The summed E-state index contributed by atoms with van der Waals surface area (Å²) in [5.74, 6) is 1.15. The third-order valence-corrected chi connectivity index (χ3v) is 4.24. The van der Waals surface area contributed by atoms with E-state index in [0.29, 0.717) is 23.6 Å². The average molecular weight is 333 g/mol. The number of rotatable bonds is 7. The second-order valence-corrected chi connectivity index (χ2v) is 6.24. The molecule has 2 aliphatic heterocycles. The molecule has 2 aliphatic rings. The third kappa shape index (κ3) is 3.85. The van der Waals surface area contributed by atoms with Crippen molar-refractivity contribution in [3.05, 3.63) is 23.8 Å². The van der Waals surface area contributed by atoms with Crippen LogP contribution in [0.5, 0.6) is 11.5 Å². The highest BCUT2D eigenvalue weighted by Crippen LogP contribution is 2.32. The molecule has 130 valence electrons. The maximum absolute atomic E-state index is 12.5. The summed E-state index contributed by atoms with van der Waals surface area (Å²) in [6.07, 6.45) is 0.869. The van der Waals surface area contributed by atoms with Crippen LogP contribution in [0.2, 0.25) is 0 Å². The van der Waals surface area contributed by atoms with Crippen molar-refractivity contribution in [1.82, 2.24) is 15.5 Å². The molecule has 0 saturated carbocycles. The van der Waals surface area contributed by atoms with E-state index in [1.807, 2.05) is 6.92 Å². The topological polar surface area (TPSA) is 79.9 Å². The third-order valence-electron chi connectivity index (χ3n) is 4.24. The van der Waals surface area contributed by atoms with Gasteiger partial charge >= 0.3 is 0 Å². The molecule has 3 rings (SSSR count). The van der Waals surface area contributed by atoms with Crippen molar-refractivity contribution >= 4 is 11.7 Å². The van der Waals surface area contributed by atoms with E-state index in [9.17, 15) is 9.59 Å². The van der Waals surface area contributed by atoms with Crippen molar-refractivity contribution in [1.29, 1.82) is 0 Å². The molecule has 2 unspecified atom stereocenters. The van der Waals surface area contributed by atoms with Gasteiger partial charge in [0.05, 0.1) is 18.8 Å². The zero-order valence-electron chi connectivity index (χ0n) is 14.0. The molecule has 24 heavy (non-hydrogen) atoms. The van der Waals surface area contributed by atoms with Crippen molar-refractivity contribution in [2.45, 2.75) is 32.5 Å². The van der Waals surface area contributed by atoms with Crippen LogP contribution in [0.4, 0.5) is 0 Å². The Morgan fingerprint density at radius 2 is 1.96 bits per heavy atom. The van der Waals surface area contributed by atoms with Gasteiger partial charge in [0, 0.05) is 5.56 Å². The van der Waals surface area contributed by atoms with Crippen LogP contribution in [0.25, 0.3) is 0 Å². The lowest BCUT2D eigenvalue weighted by Gasteiger charge is -2.30. The highest BCUT2D eigenvalue weighted by Gasteiger charge is 2.22. The molecule has 0 radical (unpaired) electrons. The van der Waals surface area contributed by atoms with Crippen LogP contribution < -0.4 is 20.1 Å². The van der Waals surface area contributed by atoms with Gasteiger partial charge in [-0.3, -0.25) is 19.8 Å². The van der Waals surface area contributed by atoms with Gasteiger partial charge in [-0.1, -0.05) is 0 Å². The van der Waals surface area contributed by atoms with E-state index in [-0.39, 0.29) is 24.6 Å². The number of carbonyl (C=O) groups is 2. The molecule has 7 heteroatoms. The van der Waals surface area contributed by atoms with E-state index in [1.165, 1.54) is 0 Å². The summed E-state index contributed by atoms with van der Waals surface area (Å²) in [5.41, 5.74) is 0.554. The molecule has 0 aromatic heterocycles. The fourth-order valence-electron chi connectivity index (χ4n) is 2.82. The van der Waals surface area contributed by atoms with E-state index < -0.39 is 6.04 Å². The standard InChI is InChI=1S/C17H23N3O4/c1-11(18-12(2)19-16(21)9-20-6-3-7-20)17(22)13-4-5-14-15(8-13)24-10-23-14/h4-5,8,11-12,18H,3,6-7,9-10H2,1-2H3,(H,19,21). The molecule has 0 bridgehead atoms.